The number of nitrogens with zero attached hydrogens (tertiary/aromatic N) is 1. The van der Waals surface area contributed by atoms with E-state index in [1.165, 1.54) is 5.56 Å². The van der Waals surface area contributed by atoms with E-state index in [9.17, 15) is 14.4 Å². The summed E-state index contributed by atoms with van der Waals surface area (Å²) in [6.45, 7) is 2.05. The average molecular weight is 388 g/mol. The molecule has 1 heterocycles. The topological polar surface area (TPSA) is 95.9 Å². The molecule has 3 atom stereocenters. The van der Waals surface area contributed by atoms with Crippen LogP contribution in [0, 0.1) is 11.8 Å². The lowest BCUT2D eigenvalue weighted by Crippen LogP contribution is -2.47. The maximum absolute atomic E-state index is 13.4. The van der Waals surface area contributed by atoms with Crippen LogP contribution >= 0.6 is 0 Å². The number of amides is 2. The molecule has 3 rings (SSSR count). The van der Waals surface area contributed by atoms with Crippen molar-refractivity contribution in [1.29, 1.82) is 0 Å². The Balaban J connectivity index is 1.63. The van der Waals surface area contributed by atoms with E-state index >= 15 is 0 Å². The number of fused-ring (bicyclic) bond motifs is 1. The average Bonchev–Trinajstić information content (AvgIpc) is 3.02. The maximum atomic E-state index is 13.4. The first kappa shape index (κ1) is 20.3. The second-order valence-corrected chi connectivity index (χ2v) is 7.62. The van der Waals surface area contributed by atoms with Gasteiger partial charge in [-0.2, -0.15) is 0 Å². The van der Waals surface area contributed by atoms with Gasteiger partial charge in [-0.05, 0) is 37.8 Å². The molecule has 1 aromatic rings. The van der Waals surface area contributed by atoms with E-state index in [-0.39, 0.29) is 49.5 Å². The maximum Gasteiger partial charge on any atom is 0.329 e. The number of anilines is 1. The van der Waals surface area contributed by atoms with Gasteiger partial charge >= 0.3 is 5.97 Å². The van der Waals surface area contributed by atoms with Crippen molar-refractivity contribution in [3.05, 3.63) is 29.8 Å². The Kier molecular flexibility index (Phi) is 6.67. The summed E-state index contributed by atoms with van der Waals surface area (Å²) in [4.78, 5) is 38.4. The van der Waals surface area contributed by atoms with Crippen molar-refractivity contribution >= 4 is 23.5 Å². The van der Waals surface area contributed by atoms with Crippen molar-refractivity contribution in [3.63, 3.8) is 0 Å². The van der Waals surface area contributed by atoms with Gasteiger partial charge < -0.3 is 20.1 Å². The fourth-order valence-corrected chi connectivity index (χ4v) is 4.36. The molecular formula is C21H28N2O5. The van der Waals surface area contributed by atoms with Crippen molar-refractivity contribution in [3.8, 4) is 0 Å². The van der Waals surface area contributed by atoms with Crippen LogP contribution in [-0.4, -0.2) is 48.7 Å². The van der Waals surface area contributed by atoms with Crippen LogP contribution in [0.15, 0.2) is 24.3 Å². The molecule has 1 fully saturated rings. The number of ether oxygens (including phenoxy) is 1. The van der Waals surface area contributed by atoms with Crippen LogP contribution in [0.25, 0.3) is 0 Å². The van der Waals surface area contributed by atoms with Crippen LogP contribution in [0.3, 0.4) is 0 Å². The minimum Gasteiger partial charge on any atom is -0.480 e. The molecule has 1 saturated carbocycles. The number of hydrogen-bond acceptors (Lipinski definition) is 4. The number of carboxylic acid groups (broad SMARTS) is 1. The Bertz CT molecular complexity index is 735. The molecule has 0 radical (unpaired) electrons. The molecule has 152 valence electrons. The van der Waals surface area contributed by atoms with Gasteiger partial charge in [0, 0.05) is 24.2 Å². The standard InChI is InChI=1S/C21H28N2O5/c1-14-12-15-6-2-5-9-18(15)23(14)21(27)17-8-4-3-7-16(17)20(26)22-10-11-28-13-19(24)25/h2,5-6,9,14,16-17H,3-4,7-8,10-13H2,1H3,(H,22,26)(H,24,25). The smallest absolute Gasteiger partial charge is 0.329 e. The molecule has 0 bridgehead atoms. The van der Waals surface area contributed by atoms with Crippen LogP contribution in [0.5, 0.6) is 0 Å². The number of aliphatic carboxylic acids is 1. The first-order valence-electron chi connectivity index (χ1n) is 9.97. The highest BCUT2D eigenvalue weighted by Crippen LogP contribution is 2.38. The van der Waals surface area contributed by atoms with Gasteiger partial charge in [0.15, 0.2) is 0 Å². The summed E-state index contributed by atoms with van der Waals surface area (Å²) in [5.74, 6) is -1.80. The highest BCUT2D eigenvalue weighted by molar-refractivity contribution is 6.00. The molecule has 2 N–H and O–H groups in total. The van der Waals surface area contributed by atoms with E-state index in [2.05, 4.69) is 18.3 Å². The molecule has 0 spiro atoms. The van der Waals surface area contributed by atoms with Crippen LogP contribution in [-0.2, 0) is 25.5 Å². The largest absolute Gasteiger partial charge is 0.480 e. The minimum absolute atomic E-state index is 0.0411. The molecule has 0 aromatic heterocycles. The van der Waals surface area contributed by atoms with Crippen molar-refractivity contribution < 1.29 is 24.2 Å². The van der Waals surface area contributed by atoms with E-state index in [1.54, 1.807) is 0 Å². The van der Waals surface area contributed by atoms with Crippen LogP contribution < -0.4 is 10.2 Å². The second-order valence-electron chi connectivity index (χ2n) is 7.62. The summed E-state index contributed by atoms with van der Waals surface area (Å²) in [6, 6.07) is 8.07. The van der Waals surface area contributed by atoms with Crippen molar-refractivity contribution in [2.45, 2.75) is 45.1 Å². The van der Waals surface area contributed by atoms with Crippen LogP contribution in [0.1, 0.15) is 38.2 Å². The molecule has 7 heteroatoms. The van der Waals surface area contributed by atoms with Gasteiger partial charge in [-0.3, -0.25) is 9.59 Å². The van der Waals surface area contributed by atoms with Gasteiger partial charge in [-0.15, -0.1) is 0 Å². The molecule has 1 aliphatic carbocycles. The zero-order valence-electron chi connectivity index (χ0n) is 16.2. The number of benzene rings is 1. The number of hydrogen-bond donors (Lipinski definition) is 2. The summed E-state index contributed by atoms with van der Waals surface area (Å²) >= 11 is 0. The molecule has 2 amide bonds. The van der Waals surface area contributed by atoms with Gasteiger partial charge in [0.1, 0.15) is 6.61 Å². The Labute approximate surface area is 165 Å². The first-order chi connectivity index (χ1) is 13.5. The normalized spacial score (nSPS) is 23.9. The number of carboxylic acids is 1. The molecule has 3 unspecified atom stereocenters. The van der Waals surface area contributed by atoms with Crippen molar-refractivity contribution in [2.75, 3.05) is 24.7 Å². The van der Waals surface area contributed by atoms with E-state index in [0.717, 1.165) is 31.4 Å². The fraction of sp³-hybridized carbons (Fsp3) is 0.571. The van der Waals surface area contributed by atoms with Gasteiger partial charge in [0.25, 0.3) is 0 Å². The summed E-state index contributed by atoms with van der Waals surface area (Å²) in [5, 5.41) is 11.4. The Morgan fingerprint density at radius 3 is 2.64 bits per heavy atom. The first-order valence-corrected chi connectivity index (χ1v) is 9.97. The number of rotatable bonds is 7. The van der Waals surface area contributed by atoms with Gasteiger partial charge in [0.05, 0.1) is 12.5 Å². The van der Waals surface area contributed by atoms with Crippen LogP contribution in [0.4, 0.5) is 5.69 Å². The Morgan fingerprint density at radius 1 is 1.18 bits per heavy atom. The number of nitrogens with one attached hydrogen (secondary N) is 1. The molecule has 28 heavy (non-hydrogen) atoms. The third kappa shape index (κ3) is 4.52. The third-order valence-corrected chi connectivity index (χ3v) is 5.64. The zero-order chi connectivity index (χ0) is 20.1. The number of carbonyl (C=O) groups excluding carboxylic acids is 2. The lowest BCUT2D eigenvalue weighted by molar-refractivity contribution is -0.142. The molecule has 0 saturated heterocycles. The Hall–Kier alpha value is -2.41. The minimum atomic E-state index is -1.04. The number of para-hydroxylation sites is 1. The lowest BCUT2D eigenvalue weighted by atomic mass is 9.77. The lowest BCUT2D eigenvalue weighted by Gasteiger charge is -2.34. The molecule has 2 aliphatic rings. The summed E-state index contributed by atoms with van der Waals surface area (Å²) in [5.41, 5.74) is 2.14. The van der Waals surface area contributed by atoms with Crippen LogP contribution in [0.2, 0.25) is 0 Å². The predicted octanol–water partition coefficient (Wildman–Crippen LogP) is 1.99. The molecular weight excluding hydrogens is 360 g/mol. The monoisotopic (exact) mass is 388 g/mol. The Morgan fingerprint density at radius 2 is 1.89 bits per heavy atom. The van der Waals surface area contributed by atoms with Gasteiger partial charge in [-0.1, -0.05) is 31.0 Å². The van der Waals surface area contributed by atoms with E-state index < -0.39 is 5.97 Å². The summed E-state index contributed by atoms with van der Waals surface area (Å²) in [6.07, 6.45) is 4.14. The quantitative estimate of drug-likeness (QED) is 0.697. The highest BCUT2D eigenvalue weighted by atomic mass is 16.5. The van der Waals surface area contributed by atoms with E-state index in [0.29, 0.717) is 6.42 Å². The van der Waals surface area contributed by atoms with E-state index in [1.807, 2.05) is 23.1 Å². The molecule has 1 aliphatic heterocycles. The SMILES string of the molecule is CC1Cc2ccccc2N1C(=O)C1CCCCC1C(=O)NCCOCC(=O)O. The van der Waals surface area contributed by atoms with Crippen molar-refractivity contribution in [2.24, 2.45) is 11.8 Å². The van der Waals surface area contributed by atoms with Gasteiger partial charge in [-0.25, -0.2) is 4.79 Å². The third-order valence-electron chi connectivity index (χ3n) is 5.64. The highest BCUT2D eigenvalue weighted by Gasteiger charge is 2.41. The molecule has 1 aromatic carbocycles. The van der Waals surface area contributed by atoms with Crippen molar-refractivity contribution in [1.82, 2.24) is 5.32 Å². The molecule has 7 nitrogen and oxygen atoms in total. The van der Waals surface area contributed by atoms with Gasteiger partial charge in [0.2, 0.25) is 11.8 Å². The van der Waals surface area contributed by atoms with E-state index in [4.69, 9.17) is 9.84 Å². The fourth-order valence-electron chi connectivity index (χ4n) is 4.36. The predicted molar refractivity (Wildman–Crippen MR) is 104 cm³/mol. The number of carbonyl (C=O) groups is 3. The summed E-state index contributed by atoms with van der Waals surface area (Å²) < 4.78 is 4.95. The summed E-state index contributed by atoms with van der Waals surface area (Å²) in [7, 11) is 0. The second kappa shape index (κ2) is 9.19. The zero-order valence-corrected chi connectivity index (χ0v) is 16.2.